The summed E-state index contributed by atoms with van der Waals surface area (Å²) in [7, 11) is 6.58. The molecular formula is C23H28N2O5. The van der Waals surface area contributed by atoms with E-state index >= 15 is 0 Å². The number of ether oxygens (including phenoxy) is 3. The summed E-state index contributed by atoms with van der Waals surface area (Å²) in [5, 5.41) is 0. The number of amides is 2. The molecule has 0 radical (unpaired) electrons. The highest BCUT2D eigenvalue weighted by atomic mass is 16.5. The highest BCUT2D eigenvalue weighted by Crippen LogP contribution is 2.29. The lowest BCUT2D eigenvalue weighted by Gasteiger charge is -2.22. The molecule has 2 aromatic carbocycles. The van der Waals surface area contributed by atoms with Crippen LogP contribution in [0.2, 0.25) is 0 Å². The second-order valence-electron chi connectivity index (χ2n) is 7.30. The largest absolute Gasteiger partial charge is 0.497 e. The number of hydrogen-bond acceptors (Lipinski definition) is 5. The van der Waals surface area contributed by atoms with E-state index in [2.05, 4.69) is 0 Å². The van der Waals surface area contributed by atoms with Crippen LogP contribution in [0.3, 0.4) is 0 Å². The second-order valence-corrected chi connectivity index (χ2v) is 7.30. The Morgan fingerprint density at radius 1 is 1.03 bits per heavy atom. The lowest BCUT2D eigenvalue weighted by molar-refractivity contribution is -0.134. The van der Waals surface area contributed by atoms with Crippen LogP contribution in [0.1, 0.15) is 12.0 Å². The quantitative estimate of drug-likeness (QED) is 0.667. The first kappa shape index (κ1) is 21.5. The fraction of sp³-hybridized carbons (Fsp3) is 0.391. The lowest BCUT2D eigenvalue weighted by Crippen LogP contribution is -2.36. The monoisotopic (exact) mass is 412 g/mol. The Balaban J connectivity index is 1.59. The summed E-state index contributed by atoms with van der Waals surface area (Å²) in [5.74, 6) is 1.68. The minimum Gasteiger partial charge on any atom is -0.497 e. The third-order valence-electron chi connectivity index (χ3n) is 5.42. The van der Waals surface area contributed by atoms with E-state index in [1.54, 1.807) is 38.2 Å². The number of carbonyl (C=O) groups excluding carboxylic acids is 2. The zero-order chi connectivity index (χ0) is 21.7. The molecule has 3 rings (SSSR count). The van der Waals surface area contributed by atoms with E-state index in [-0.39, 0.29) is 24.2 Å². The summed E-state index contributed by atoms with van der Waals surface area (Å²) in [5.41, 5.74) is 1.83. The molecule has 0 bridgehead atoms. The molecule has 1 saturated heterocycles. The van der Waals surface area contributed by atoms with Crippen molar-refractivity contribution in [2.75, 3.05) is 46.4 Å². The van der Waals surface area contributed by atoms with Crippen molar-refractivity contribution in [2.24, 2.45) is 5.92 Å². The maximum absolute atomic E-state index is 12.9. The maximum atomic E-state index is 12.9. The van der Waals surface area contributed by atoms with Crippen molar-refractivity contribution in [3.63, 3.8) is 0 Å². The third-order valence-corrected chi connectivity index (χ3v) is 5.42. The second kappa shape index (κ2) is 9.52. The van der Waals surface area contributed by atoms with Crippen LogP contribution in [0.4, 0.5) is 5.69 Å². The van der Waals surface area contributed by atoms with Crippen molar-refractivity contribution < 1.29 is 23.8 Å². The Morgan fingerprint density at radius 2 is 1.73 bits per heavy atom. The Bertz CT molecular complexity index is 897. The molecule has 160 valence electrons. The van der Waals surface area contributed by atoms with Gasteiger partial charge in [0.25, 0.3) is 0 Å². The van der Waals surface area contributed by atoms with E-state index < -0.39 is 0 Å². The first-order chi connectivity index (χ1) is 14.5. The Kier molecular flexibility index (Phi) is 6.82. The fourth-order valence-corrected chi connectivity index (χ4v) is 3.64. The van der Waals surface area contributed by atoms with Crippen molar-refractivity contribution in [1.29, 1.82) is 0 Å². The molecule has 0 N–H and O–H groups in total. The summed E-state index contributed by atoms with van der Waals surface area (Å²) in [6.07, 6.45) is 0.914. The number of benzene rings is 2. The third kappa shape index (κ3) is 4.67. The first-order valence-electron chi connectivity index (χ1n) is 9.87. The van der Waals surface area contributed by atoms with Gasteiger partial charge in [-0.3, -0.25) is 9.59 Å². The van der Waals surface area contributed by atoms with Crippen molar-refractivity contribution in [3.05, 3.63) is 48.0 Å². The van der Waals surface area contributed by atoms with Crippen molar-refractivity contribution in [1.82, 2.24) is 4.90 Å². The van der Waals surface area contributed by atoms with Crippen LogP contribution >= 0.6 is 0 Å². The smallest absolute Gasteiger partial charge is 0.227 e. The molecule has 2 amide bonds. The minimum absolute atomic E-state index is 0.0140. The number of nitrogens with zero attached hydrogens (tertiary/aromatic N) is 2. The van der Waals surface area contributed by atoms with Gasteiger partial charge in [-0.25, -0.2) is 0 Å². The van der Waals surface area contributed by atoms with Crippen molar-refractivity contribution >= 4 is 17.5 Å². The number of methoxy groups -OCH3 is 3. The maximum Gasteiger partial charge on any atom is 0.227 e. The van der Waals surface area contributed by atoms with Gasteiger partial charge in [0.1, 0.15) is 5.75 Å². The first-order valence-corrected chi connectivity index (χ1v) is 9.87. The van der Waals surface area contributed by atoms with Crippen LogP contribution in [0.5, 0.6) is 17.2 Å². The molecule has 2 aromatic rings. The molecule has 1 aliphatic rings. The van der Waals surface area contributed by atoms with Gasteiger partial charge in [0, 0.05) is 32.2 Å². The number of rotatable bonds is 8. The zero-order valence-electron chi connectivity index (χ0n) is 17.9. The van der Waals surface area contributed by atoms with Gasteiger partial charge in [0.05, 0.1) is 27.2 Å². The van der Waals surface area contributed by atoms with Gasteiger partial charge >= 0.3 is 0 Å². The molecule has 0 saturated carbocycles. The molecule has 1 heterocycles. The van der Waals surface area contributed by atoms with Crippen LogP contribution in [0.25, 0.3) is 0 Å². The predicted molar refractivity (Wildman–Crippen MR) is 114 cm³/mol. The van der Waals surface area contributed by atoms with Crippen LogP contribution < -0.4 is 19.1 Å². The minimum atomic E-state index is -0.338. The Hall–Kier alpha value is -3.22. The summed E-state index contributed by atoms with van der Waals surface area (Å²) < 4.78 is 15.8. The molecule has 1 atom stereocenters. The van der Waals surface area contributed by atoms with Crippen LogP contribution in [-0.4, -0.2) is 58.2 Å². The molecule has 1 unspecified atom stereocenters. The van der Waals surface area contributed by atoms with E-state index in [0.717, 1.165) is 17.0 Å². The van der Waals surface area contributed by atoms with Gasteiger partial charge in [-0.2, -0.15) is 0 Å². The van der Waals surface area contributed by atoms with Crippen molar-refractivity contribution in [3.8, 4) is 17.2 Å². The standard InChI is InChI=1S/C23H28N2O5/c1-24(12-11-16-5-10-20(29-3)21(13-16)30-4)23(27)17-14-22(26)25(15-17)18-6-8-19(28-2)9-7-18/h5-10,13,17H,11-12,14-15H2,1-4H3. The molecule has 30 heavy (non-hydrogen) atoms. The summed E-state index contributed by atoms with van der Waals surface area (Å²) in [6, 6.07) is 13.0. The van der Waals surface area contributed by atoms with E-state index in [0.29, 0.717) is 31.0 Å². The number of carbonyl (C=O) groups is 2. The van der Waals surface area contributed by atoms with Crippen LogP contribution in [0, 0.1) is 5.92 Å². The van der Waals surface area contributed by atoms with Crippen LogP contribution in [0.15, 0.2) is 42.5 Å². The summed E-state index contributed by atoms with van der Waals surface area (Å²) >= 11 is 0. The molecule has 0 spiro atoms. The van der Waals surface area contributed by atoms with E-state index in [1.165, 1.54) is 0 Å². The number of likely N-dealkylation sites (N-methyl/N-ethyl adjacent to an activating group) is 1. The van der Waals surface area contributed by atoms with E-state index in [4.69, 9.17) is 14.2 Å². The van der Waals surface area contributed by atoms with Crippen molar-refractivity contribution in [2.45, 2.75) is 12.8 Å². The number of hydrogen-bond donors (Lipinski definition) is 0. The number of anilines is 1. The molecule has 0 aliphatic carbocycles. The average Bonchev–Trinajstić information content (AvgIpc) is 3.18. The Labute approximate surface area is 177 Å². The highest BCUT2D eigenvalue weighted by Gasteiger charge is 2.36. The normalized spacial score (nSPS) is 15.8. The molecule has 7 heteroatoms. The zero-order valence-corrected chi connectivity index (χ0v) is 17.9. The topological polar surface area (TPSA) is 68.3 Å². The SMILES string of the molecule is COc1ccc(N2CC(C(=O)N(C)CCc3ccc(OC)c(OC)c3)CC2=O)cc1. The highest BCUT2D eigenvalue weighted by molar-refractivity contribution is 6.00. The average molecular weight is 412 g/mol. The van der Waals surface area contributed by atoms with Gasteiger partial charge in [-0.15, -0.1) is 0 Å². The van der Waals surface area contributed by atoms with Gasteiger partial charge in [0.2, 0.25) is 11.8 Å². The van der Waals surface area contributed by atoms with Gasteiger partial charge in [0.15, 0.2) is 11.5 Å². The predicted octanol–water partition coefficient (Wildman–Crippen LogP) is 2.77. The molecular weight excluding hydrogens is 384 g/mol. The van der Waals surface area contributed by atoms with Gasteiger partial charge in [-0.1, -0.05) is 6.07 Å². The molecule has 7 nitrogen and oxygen atoms in total. The van der Waals surface area contributed by atoms with Gasteiger partial charge < -0.3 is 24.0 Å². The molecule has 0 aromatic heterocycles. The lowest BCUT2D eigenvalue weighted by atomic mass is 10.1. The molecule has 1 fully saturated rings. The Morgan fingerprint density at radius 3 is 2.37 bits per heavy atom. The van der Waals surface area contributed by atoms with Crippen LogP contribution in [-0.2, 0) is 16.0 Å². The summed E-state index contributed by atoms with van der Waals surface area (Å²) in [6.45, 7) is 0.951. The fourth-order valence-electron chi connectivity index (χ4n) is 3.64. The van der Waals surface area contributed by atoms with E-state index in [1.807, 2.05) is 42.5 Å². The van der Waals surface area contributed by atoms with Gasteiger partial charge in [-0.05, 0) is 48.4 Å². The summed E-state index contributed by atoms with van der Waals surface area (Å²) in [4.78, 5) is 28.7. The van der Waals surface area contributed by atoms with E-state index in [9.17, 15) is 9.59 Å². The molecule has 1 aliphatic heterocycles.